The highest BCUT2D eigenvalue weighted by Gasteiger charge is 2.22. The van der Waals surface area contributed by atoms with Gasteiger partial charge in [0.05, 0.1) is 5.75 Å². The largest absolute Gasteiger partial charge is 0.481 e. The van der Waals surface area contributed by atoms with E-state index in [1.807, 2.05) is 17.6 Å². The van der Waals surface area contributed by atoms with Gasteiger partial charge >= 0.3 is 5.97 Å². The highest BCUT2D eigenvalue weighted by atomic mass is 32.2. The summed E-state index contributed by atoms with van der Waals surface area (Å²) in [6.45, 7) is 7.05. The molecule has 0 aliphatic rings. The lowest BCUT2D eigenvalue weighted by Gasteiger charge is -2.23. The first kappa shape index (κ1) is 16.2. The van der Waals surface area contributed by atoms with E-state index in [0.29, 0.717) is 0 Å². The molecule has 0 fully saturated rings. The maximum atomic E-state index is 10.8. The summed E-state index contributed by atoms with van der Waals surface area (Å²) in [5, 5.41) is 9.62. The van der Waals surface area contributed by atoms with Crippen molar-refractivity contribution < 1.29 is 9.90 Å². The van der Waals surface area contributed by atoms with Crippen LogP contribution in [0.4, 0.5) is 0 Å². The molecule has 2 aromatic heterocycles. The molecule has 2 heterocycles. The Morgan fingerprint density at radius 2 is 2.19 bits per heavy atom. The third-order valence-corrected chi connectivity index (χ3v) is 5.41. The predicted molar refractivity (Wildman–Crippen MR) is 88.2 cm³/mol. The van der Waals surface area contributed by atoms with Crippen LogP contribution in [0.3, 0.4) is 0 Å². The van der Waals surface area contributed by atoms with Crippen molar-refractivity contribution in [1.29, 1.82) is 0 Å². The van der Waals surface area contributed by atoms with Gasteiger partial charge in [-0.2, -0.15) is 11.8 Å². The fourth-order valence-corrected chi connectivity index (χ4v) is 2.92. The van der Waals surface area contributed by atoms with Crippen molar-refractivity contribution in [2.75, 3.05) is 12.0 Å². The van der Waals surface area contributed by atoms with Crippen LogP contribution in [0.5, 0.6) is 0 Å². The van der Waals surface area contributed by atoms with Gasteiger partial charge in [-0.3, -0.25) is 4.79 Å². The molecule has 0 aromatic carbocycles. The molecule has 0 atom stereocenters. The lowest BCUT2D eigenvalue weighted by atomic mass is 10.2. The van der Waals surface area contributed by atoms with E-state index in [-0.39, 0.29) is 10.5 Å². The van der Waals surface area contributed by atoms with Gasteiger partial charge in [0.2, 0.25) is 0 Å². The monoisotopic (exact) mass is 325 g/mol. The highest BCUT2D eigenvalue weighted by Crippen LogP contribution is 2.30. The molecule has 0 unspecified atom stereocenters. The van der Waals surface area contributed by atoms with Crippen LogP contribution in [-0.4, -0.2) is 42.4 Å². The number of hydrogen-bond acceptors (Lipinski definition) is 5. The summed E-state index contributed by atoms with van der Waals surface area (Å²) in [6.07, 6.45) is 3.84. The minimum atomic E-state index is -0.840. The van der Waals surface area contributed by atoms with Gasteiger partial charge in [0.25, 0.3) is 0 Å². The van der Waals surface area contributed by atoms with Crippen LogP contribution in [0.25, 0.3) is 11.2 Å². The number of aliphatic carboxylic acids is 1. The second-order valence-corrected chi connectivity index (χ2v) is 7.88. The van der Waals surface area contributed by atoms with Crippen LogP contribution in [0.2, 0.25) is 0 Å². The Hall–Kier alpha value is -1.21. The van der Waals surface area contributed by atoms with Crippen molar-refractivity contribution >= 4 is 40.7 Å². The summed E-state index contributed by atoms with van der Waals surface area (Å²) in [6, 6.07) is 1.92. The number of aromatic nitrogens is 3. The number of carboxylic acids is 1. The van der Waals surface area contributed by atoms with Crippen LogP contribution in [-0.2, 0) is 11.3 Å². The standard InChI is InChI=1S/C14H19N3O2S2/c1-9-5-6-15-12-11(9)16-13(21-7-10(18)19)17(12)8-14(2,3)20-4/h5-6H,7-8H2,1-4H3,(H,18,19). The van der Waals surface area contributed by atoms with Gasteiger partial charge < -0.3 is 9.67 Å². The van der Waals surface area contributed by atoms with E-state index in [2.05, 4.69) is 30.1 Å². The molecule has 2 aromatic rings. The minimum Gasteiger partial charge on any atom is -0.481 e. The zero-order chi connectivity index (χ0) is 15.6. The van der Waals surface area contributed by atoms with Gasteiger partial charge in [-0.15, -0.1) is 0 Å². The van der Waals surface area contributed by atoms with Crippen molar-refractivity contribution in [2.45, 2.75) is 37.2 Å². The third-order valence-electron chi connectivity index (χ3n) is 3.22. The molecule has 0 spiro atoms. The number of aryl methyl sites for hydroxylation is 1. The number of carboxylic acid groups (broad SMARTS) is 1. The summed E-state index contributed by atoms with van der Waals surface area (Å²) in [7, 11) is 0. The predicted octanol–water partition coefficient (Wildman–Crippen LogP) is 3.06. The molecule has 5 nitrogen and oxygen atoms in total. The summed E-state index contributed by atoms with van der Waals surface area (Å²) < 4.78 is 2.06. The first-order chi connectivity index (χ1) is 9.84. The molecule has 2 rings (SSSR count). The Morgan fingerprint density at radius 3 is 2.81 bits per heavy atom. The molecule has 0 aliphatic carbocycles. The van der Waals surface area contributed by atoms with Gasteiger partial charge in [0, 0.05) is 17.5 Å². The molecule has 114 valence electrons. The molecule has 0 bridgehead atoms. The van der Waals surface area contributed by atoms with Crippen molar-refractivity contribution in [1.82, 2.24) is 14.5 Å². The van der Waals surface area contributed by atoms with E-state index in [4.69, 9.17) is 5.11 Å². The average molecular weight is 325 g/mol. The quantitative estimate of drug-likeness (QED) is 0.823. The number of imidazole rings is 1. The van der Waals surface area contributed by atoms with Crippen molar-refractivity contribution in [3.05, 3.63) is 17.8 Å². The smallest absolute Gasteiger partial charge is 0.313 e. The Balaban J connectivity index is 2.49. The van der Waals surface area contributed by atoms with Gasteiger partial charge in [-0.05, 0) is 38.7 Å². The van der Waals surface area contributed by atoms with Crippen LogP contribution < -0.4 is 0 Å². The second kappa shape index (κ2) is 6.27. The van der Waals surface area contributed by atoms with Crippen molar-refractivity contribution in [3.8, 4) is 0 Å². The molecule has 0 saturated heterocycles. The molecule has 0 aliphatic heterocycles. The Kier molecular flexibility index (Phi) is 4.83. The molecular formula is C14H19N3O2S2. The topological polar surface area (TPSA) is 68.0 Å². The average Bonchev–Trinajstić information content (AvgIpc) is 2.76. The first-order valence-electron chi connectivity index (χ1n) is 6.55. The van der Waals surface area contributed by atoms with Gasteiger partial charge in [0.15, 0.2) is 10.8 Å². The SMILES string of the molecule is CSC(C)(C)Cn1c(SCC(=O)O)nc2c(C)ccnc21. The van der Waals surface area contributed by atoms with Crippen LogP contribution in [0.15, 0.2) is 17.4 Å². The van der Waals surface area contributed by atoms with E-state index < -0.39 is 5.97 Å². The number of rotatable bonds is 6. The Morgan fingerprint density at radius 1 is 1.48 bits per heavy atom. The number of nitrogens with zero attached hydrogens (tertiary/aromatic N) is 3. The molecule has 0 saturated carbocycles. The van der Waals surface area contributed by atoms with E-state index in [1.54, 1.807) is 18.0 Å². The first-order valence-corrected chi connectivity index (χ1v) is 8.76. The number of pyridine rings is 1. The second-order valence-electron chi connectivity index (χ2n) is 5.43. The molecule has 0 amide bonds. The van der Waals surface area contributed by atoms with E-state index in [1.165, 1.54) is 11.8 Å². The van der Waals surface area contributed by atoms with E-state index in [0.717, 1.165) is 28.4 Å². The van der Waals surface area contributed by atoms with Crippen LogP contribution in [0, 0.1) is 6.92 Å². The lowest BCUT2D eigenvalue weighted by molar-refractivity contribution is -0.133. The van der Waals surface area contributed by atoms with Gasteiger partial charge in [-0.25, -0.2) is 9.97 Å². The number of fused-ring (bicyclic) bond motifs is 1. The summed E-state index contributed by atoms with van der Waals surface area (Å²) in [5.41, 5.74) is 2.73. The fraction of sp³-hybridized carbons (Fsp3) is 0.500. The maximum Gasteiger partial charge on any atom is 0.313 e. The normalized spacial score (nSPS) is 12.0. The lowest BCUT2D eigenvalue weighted by Crippen LogP contribution is -2.23. The summed E-state index contributed by atoms with van der Waals surface area (Å²) in [4.78, 5) is 19.9. The number of hydrogen-bond donors (Lipinski definition) is 1. The number of thioether (sulfide) groups is 2. The fourth-order valence-electron chi connectivity index (χ4n) is 1.94. The zero-order valence-electron chi connectivity index (χ0n) is 12.6. The summed E-state index contributed by atoms with van der Waals surface area (Å²) in [5.74, 6) is -0.838. The van der Waals surface area contributed by atoms with Crippen LogP contribution >= 0.6 is 23.5 Å². The number of carbonyl (C=O) groups is 1. The van der Waals surface area contributed by atoms with E-state index in [9.17, 15) is 4.79 Å². The Bertz CT molecular complexity index is 668. The van der Waals surface area contributed by atoms with Gasteiger partial charge in [0.1, 0.15) is 5.52 Å². The molecule has 1 N–H and O–H groups in total. The van der Waals surface area contributed by atoms with Crippen molar-refractivity contribution in [2.24, 2.45) is 0 Å². The van der Waals surface area contributed by atoms with E-state index >= 15 is 0 Å². The molecular weight excluding hydrogens is 306 g/mol. The summed E-state index contributed by atoms with van der Waals surface area (Å²) >= 11 is 3.01. The third kappa shape index (κ3) is 3.71. The zero-order valence-corrected chi connectivity index (χ0v) is 14.2. The highest BCUT2D eigenvalue weighted by molar-refractivity contribution is 8.00. The molecule has 21 heavy (non-hydrogen) atoms. The van der Waals surface area contributed by atoms with Crippen LogP contribution in [0.1, 0.15) is 19.4 Å². The Labute approximate surface area is 132 Å². The maximum absolute atomic E-state index is 10.8. The minimum absolute atomic E-state index is 0.00205. The van der Waals surface area contributed by atoms with Crippen molar-refractivity contribution in [3.63, 3.8) is 0 Å². The molecule has 7 heteroatoms. The molecule has 0 radical (unpaired) electrons. The van der Waals surface area contributed by atoms with Gasteiger partial charge in [-0.1, -0.05) is 11.8 Å².